The van der Waals surface area contributed by atoms with E-state index in [9.17, 15) is 12.8 Å². The smallest absolute Gasteiger partial charge is 0.243 e. The Balaban J connectivity index is 2.20. The molecule has 0 unspecified atom stereocenters. The first-order chi connectivity index (χ1) is 11.0. The second-order valence-electron chi connectivity index (χ2n) is 4.90. The molecular weight excluding hydrogens is 319 g/mol. The van der Waals surface area contributed by atoms with E-state index in [1.54, 1.807) is 19.3 Å². The molecule has 2 aromatic rings. The van der Waals surface area contributed by atoms with Crippen molar-refractivity contribution in [3.05, 3.63) is 54.1 Å². The SMILES string of the molecule is CCN(CCc1ccncc1)S(=O)(=O)c1ccc(OC)c(F)c1. The maximum Gasteiger partial charge on any atom is 0.243 e. The number of hydrogen-bond acceptors (Lipinski definition) is 4. The Morgan fingerprint density at radius 3 is 2.48 bits per heavy atom. The van der Waals surface area contributed by atoms with Crippen LogP contribution in [-0.2, 0) is 16.4 Å². The van der Waals surface area contributed by atoms with Gasteiger partial charge in [0.1, 0.15) is 0 Å². The quantitative estimate of drug-likeness (QED) is 0.778. The number of hydrogen-bond donors (Lipinski definition) is 0. The van der Waals surface area contributed by atoms with Gasteiger partial charge in [0, 0.05) is 25.5 Å². The van der Waals surface area contributed by atoms with Crippen LogP contribution in [0.2, 0.25) is 0 Å². The van der Waals surface area contributed by atoms with Gasteiger partial charge >= 0.3 is 0 Å². The van der Waals surface area contributed by atoms with Crippen LogP contribution in [0.15, 0.2) is 47.6 Å². The van der Waals surface area contributed by atoms with Crippen molar-refractivity contribution in [1.82, 2.24) is 9.29 Å². The zero-order valence-electron chi connectivity index (χ0n) is 13.1. The number of ether oxygens (including phenoxy) is 1. The molecule has 0 aliphatic carbocycles. The van der Waals surface area contributed by atoms with Crippen LogP contribution in [0.1, 0.15) is 12.5 Å². The largest absolute Gasteiger partial charge is 0.494 e. The Morgan fingerprint density at radius 1 is 1.22 bits per heavy atom. The summed E-state index contributed by atoms with van der Waals surface area (Å²) in [6.45, 7) is 2.38. The predicted octanol–water partition coefficient (Wildman–Crippen LogP) is 2.48. The van der Waals surface area contributed by atoms with E-state index in [-0.39, 0.29) is 10.6 Å². The summed E-state index contributed by atoms with van der Waals surface area (Å²) < 4.78 is 45.2. The van der Waals surface area contributed by atoms with Crippen LogP contribution in [0, 0.1) is 5.82 Å². The summed E-state index contributed by atoms with van der Waals surface area (Å²) in [5.74, 6) is -0.678. The van der Waals surface area contributed by atoms with E-state index in [1.807, 2.05) is 12.1 Å². The molecule has 23 heavy (non-hydrogen) atoms. The summed E-state index contributed by atoms with van der Waals surface area (Å²) in [6, 6.07) is 7.34. The standard InChI is InChI=1S/C16H19FN2O3S/c1-3-19(11-8-13-6-9-18-10-7-13)23(20,21)14-4-5-16(22-2)15(17)12-14/h4-7,9-10,12H,3,8,11H2,1-2H3. The zero-order chi connectivity index (χ0) is 16.9. The van der Waals surface area contributed by atoms with Gasteiger partial charge in [-0.25, -0.2) is 12.8 Å². The summed E-state index contributed by atoms with van der Waals surface area (Å²) in [4.78, 5) is 3.85. The fraction of sp³-hybridized carbons (Fsp3) is 0.312. The van der Waals surface area contributed by atoms with Crippen molar-refractivity contribution in [3.8, 4) is 5.75 Å². The van der Waals surface area contributed by atoms with Crippen LogP contribution < -0.4 is 4.74 Å². The molecule has 0 bridgehead atoms. The number of likely N-dealkylation sites (N-methyl/N-ethyl adjacent to an activating group) is 1. The second kappa shape index (κ2) is 7.52. The topological polar surface area (TPSA) is 59.5 Å². The van der Waals surface area contributed by atoms with Crippen molar-refractivity contribution in [2.75, 3.05) is 20.2 Å². The number of sulfonamides is 1. The zero-order valence-corrected chi connectivity index (χ0v) is 13.9. The van der Waals surface area contributed by atoms with Crippen LogP contribution in [0.5, 0.6) is 5.75 Å². The lowest BCUT2D eigenvalue weighted by molar-refractivity contribution is 0.385. The van der Waals surface area contributed by atoms with Crippen molar-refractivity contribution in [2.45, 2.75) is 18.2 Å². The van der Waals surface area contributed by atoms with E-state index in [0.717, 1.165) is 11.6 Å². The Labute approximate surface area is 135 Å². The normalized spacial score (nSPS) is 11.7. The third-order valence-corrected chi connectivity index (χ3v) is 5.48. The monoisotopic (exact) mass is 338 g/mol. The van der Waals surface area contributed by atoms with Crippen LogP contribution in [0.4, 0.5) is 4.39 Å². The third-order valence-electron chi connectivity index (χ3n) is 3.51. The molecule has 0 amide bonds. The Hall–Kier alpha value is -1.99. The highest BCUT2D eigenvalue weighted by atomic mass is 32.2. The van der Waals surface area contributed by atoms with Gasteiger partial charge < -0.3 is 4.74 Å². The van der Waals surface area contributed by atoms with Crippen LogP contribution in [0.3, 0.4) is 0 Å². The first-order valence-corrected chi connectivity index (χ1v) is 8.65. The number of halogens is 1. The van der Waals surface area contributed by atoms with E-state index < -0.39 is 15.8 Å². The van der Waals surface area contributed by atoms with Crippen molar-refractivity contribution < 1.29 is 17.5 Å². The van der Waals surface area contributed by atoms with Gasteiger partial charge in [-0.15, -0.1) is 0 Å². The van der Waals surface area contributed by atoms with E-state index in [4.69, 9.17) is 4.74 Å². The van der Waals surface area contributed by atoms with Gasteiger partial charge in [0.2, 0.25) is 10.0 Å². The molecule has 7 heteroatoms. The molecule has 2 rings (SSSR count). The minimum atomic E-state index is -3.75. The fourth-order valence-electron chi connectivity index (χ4n) is 2.21. The Morgan fingerprint density at radius 2 is 1.91 bits per heavy atom. The first-order valence-electron chi connectivity index (χ1n) is 7.21. The maximum atomic E-state index is 13.8. The molecule has 124 valence electrons. The first kappa shape index (κ1) is 17.4. The maximum absolute atomic E-state index is 13.8. The number of aromatic nitrogens is 1. The van der Waals surface area contributed by atoms with Crippen molar-refractivity contribution in [1.29, 1.82) is 0 Å². The highest BCUT2D eigenvalue weighted by molar-refractivity contribution is 7.89. The molecular formula is C16H19FN2O3S. The van der Waals surface area contributed by atoms with Gasteiger partial charge in [0.05, 0.1) is 12.0 Å². The predicted molar refractivity (Wildman–Crippen MR) is 85.3 cm³/mol. The van der Waals surface area contributed by atoms with Gasteiger partial charge in [-0.1, -0.05) is 6.92 Å². The lowest BCUT2D eigenvalue weighted by Gasteiger charge is -2.20. The van der Waals surface area contributed by atoms with E-state index >= 15 is 0 Å². The highest BCUT2D eigenvalue weighted by Crippen LogP contribution is 2.23. The lowest BCUT2D eigenvalue weighted by Crippen LogP contribution is -2.32. The average Bonchev–Trinajstić information content (AvgIpc) is 2.56. The summed E-state index contributed by atoms with van der Waals surface area (Å²) in [6.07, 6.45) is 3.90. The summed E-state index contributed by atoms with van der Waals surface area (Å²) in [7, 11) is -2.41. The number of nitrogens with zero attached hydrogens (tertiary/aromatic N) is 2. The molecule has 0 radical (unpaired) electrons. The molecule has 0 saturated heterocycles. The fourth-order valence-corrected chi connectivity index (χ4v) is 3.67. The van der Waals surface area contributed by atoms with Gasteiger partial charge in [0.25, 0.3) is 0 Å². The van der Waals surface area contributed by atoms with E-state index in [2.05, 4.69) is 4.98 Å². The molecule has 0 fully saturated rings. The van der Waals surface area contributed by atoms with Gasteiger partial charge in [-0.05, 0) is 42.3 Å². The summed E-state index contributed by atoms with van der Waals surface area (Å²) >= 11 is 0. The van der Waals surface area contributed by atoms with Crippen LogP contribution in [-0.4, -0.2) is 37.9 Å². The molecule has 1 aromatic carbocycles. The van der Waals surface area contributed by atoms with E-state index in [1.165, 1.54) is 23.5 Å². The molecule has 0 atom stereocenters. The molecule has 1 aromatic heterocycles. The molecule has 0 spiro atoms. The molecule has 0 aliphatic rings. The highest BCUT2D eigenvalue weighted by Gasteiger charge is 2.24. The third kappa shape index (κ3) is 4.05. The molecule has 0 aliphatic heterocycles. The Bertz CT molecular complexity index is 751. The van der Waals surface area contributed by atoms with Crippen molar-refractivity contribution in [2.24, 2.45) is 0 Å². The summed E-state index contributed by atoms with van der Waals surface area (Å²) in [5, 5.41) is 0. The minimum Gasteiger partial charge on any atom is -0.494 e. The van der Waals surface area contributed by atoms with Gasteiger partial charge in [-0.3, -0.25) is 4.98 Å². The number of methoxy groups -OCH3 is 1. The lowest BCUT2D eigenvalue weighted by atomic mass is 10.2. The van der Waals surface area contributed by atoms with Crippen LogP contribution >= 0.6 is 0 Å². The summed E-state index contributed by atoms with van der Waals surface area (Å²) in [5.41, 5.74) is 0.995. The average molecular weight is 338 g/mol. The van der Waals surface area contributed by atoms with Gasteiger partial charge in [-0.2, -0.15) is 4.31 Å². The number of pyridine rings is 1. The molecule has 1 heterocycles. The van der Waals surface area contributed by atoms with Crippen molar-refractivity contribution in [3.63, 3.8) is 0 Å². The molecule has 0 saturated carbocycles. The van der Waals surface area contributed by atoms with Crippen LogP contribution in [0.25, 0.3) is 0 Å². The van der Waals surface area contributed by atoms with Crippen molar-refractivity contribution >= 4 is 10.0 Å². The number of benzene rings is 1. The van der Waals surface area contributed by atoms with Gasteiger partial charge in [0.15, 0.2) is 11.6 Å². The van der Waals surface area contributed by atoms with E-state index in [0.29, 0.717) is 19.5 Å². The number of rotatable bonds is 7. The molecule has 0 N–H and O–H groups in total. The minimum absolute atomic E-state index is 0.0174. The Kier molecular flexibility index (Phi) is 5.68. The second-order valence-corrected chi connectivity index (χ2v) is 6.84. The molecule has 5 nitrogen and oxygen atoms in total.